The van der Waals surface area contributed by atoms with Crippen LogP contribution in [0.25, 0.3) is 0 Å². The van der Waals surface area contributed by atoms with Gasteiger partial charge in [0.25, 0.3) is 0 Å². The molecule has 19 heteroatoms. The number of hydrogen-bond donors (Lipinski definition) is 3. The van der Waals surface area contributed by atoms with Crippen LogP contribution in [0.4, 0.5) is 0 Å². The van der Waals surface area contributed by atoms with Gasteiger partial charge in [-0.3, -0.25) is 37.3 Å². The number of phosphoric ester groups is 2. The first-order chi connectivity index (χ1) is 50.6. The maximum Gasteiger partial charge on any atom is 0.472 e. The van der Waals surface area contributed by atoms with Crippen molar-refractivity contribution in [2.75, 3.05) is 39.6 Å². The Morgan fingerprint density at radius 2 is 0.462 bits per heavy atom. The van der Waals surface area contributed by atoms with E-state index in [1.54, 1.807) is 0 Å². The van der Waals surface area contributed by atoms with Crippen molar-refractivity contribution in [3.63, 3.8) is 0 Å². The van der Waals surface area contributed by atoms with E-state index in [-0.39, 0.29) is 25.7 Å². The largest absolute Gasteiger partial charge is 0.472 e. The van der Waals surface area contributed by atoms with Crippen LogP contribution in [0.15, 0.2) is 0 Å². The fourth-order valence-electron chi connectivity index (χ4n) is 13.3. The van der Waals surface area contributed by atoms with Crippen LogP contribution in [0, 0.1) is 5.92 Å². The third kappa shape index (κ3) is 76.8. The molecule has 0 aliphatic rings. The predicted molar refractivity (Wildman–Crippen MR) is 428 cm³/mol. The lowest BCUT2D eigenvalue weighted by atomic mass is 9.99. The van der Waals surface area contributed by atoms with Gasteiger partial charge in [-0.1, -0.05) is 407 Å². The van der Waals surface area contributed by atoms with Gasteiger partial charge < -0.3 is 33.8 Å². The summed E-state index contributed by atoms with van der Waals surface area (Å²) in [6, 6.07) is 0. The van der Waals surface area contributed by atoms with Crippen molar-refractivity contribution in [1.29, 1.82) is 0 Å². The molecule has 0 aromatic rings. The first kappa shape index (κ1) is 102. The number of esters is 4. The summed E-state index contributed by atoms with van der Waals surface area (Å²) >= 11 is 0. The fourth-order valence-corrected chi connectivity index (χ4v) is 14.8. The molecule has 0 spiro atoms. The van der Waals surface area contributed by atoms with E-state index in [2.05, 4.69) is 34.6 Å². The highest BCUT2D eigenvalue weighted by Gasteiger charge is 2.30. The van der Waals surface area contributed by atoms with Gasteiger partial charge >= 0.3 is 39.5 Å². The summed E-state index contributed by atoms with van der Waals surface area (Å²) in [6.45, 7) is 7.37. The van der Waals surface area contributed by atoms with E-state index in [0.29, 0.717) is 25.7 Å². The van der Waals surface area contributed by atoms with Crippen molar-refractivity contribution < 1.29 is 80.2 Å². The Morgan fingerprint density at radius 1 is 0.269 bits per heavy atom. The second kappa shape index (κ2) is 77.8. The molecular formula is C85H166O17P2. The normalized spacial score (nSPS) is 14.0. The molecule has 6 atom stereocenters. The minimum Gasteiger partial charge on any atom is -0.462 e. The summed E-state index contributed by atoms with van der Waals surface area (Å²) in [7, 11) is -9.92. The van der Waals surface area contributed by atoms with Crippen LogP contribution in [-0.4, -0.2) is 96.7 Å². The van der Waals surface area contributed by atoms with Crippen LogP contribution in [0.3, 0.4) is 0 Å². The summed E-state index contributed by atoms with van der Waals surface area (Å²) in [5.74, 6) is -1.30. The highest BCUT2D eigenvalue weighted by molar-refractivity contribution is 7.47. The molecule has 0 bridgehead atoms. The van der Waals surface area contributed by atoms with Gasteiger partial charge in [-0.15, -0.1) is 0 Å². The van der Waals surface area contributed by atoms with Gasteiger partial charge in [0.15, 0.2) is 12.2 Å². The zero-order valence-corrected chi connectivity index (χ0v) is 70.0. The van der Waals surface area contributed by atoms with Crippen LogP contribution in [0.5, 0.6) is 0 Å². The van der Waals surface area contributed by atoms with E-state index < -0.39 is 97.5 Å². The van der Waals surface area contributed by atoms with Crippen LogP contribution >= 0.6 is 15.6 Å². The maximum absolute atomic E-state index is 13.1. The molecule has 0 rings (SSSR count). The number of aliphatic hydroxyl groups is 1. The topological polar surface area (TPSA) is 237 Å². The molecule has 0 heterocycles. The molecule has 0 aromatic heterocycles. The number of hydrogen-bond acceptors (Lipinski definition) is 15. The van der Waals surface area contributed by atoms with Crippen molar-refractivity contribution in [2.45, 2.75) is 477 Å². The molecule has 17 nitrogen and oxygen atoms in total. The standard InChI is InChI=1S/C85H166O17P2/c1-6-10-13-16-19-22-25-27-29-31-33-34-35-36-38-40-42-44-50-55-60-65-70-84(89)101-81(75-96-83(88)69-64-59-54-49-43-41-39-37-32-30-28-26-23-20-17-14-11-7-2)77-100-104(93,94)98-73-79(86)72-97-103(91,92)99-76-80(74-95-82(87)68-63-58-53-48-24-21-18-15-12-8-3)102-85(90)71-66-61-56-51-46-45-47-52-57-62-67-78(5)9-4/h78-81,86H,6-77H2,1-5H3,(H,91,92)(H,93,94)/t78?,79-,80+,81+/m0/s1. The van der Waals surface area contributed by atoms with Crippen LogP contribution in [0.2, 0.25) is 0 Å². The number of ether oxygens (including phenoxy) is 4. The number of carbonyl (C=O) groups excluding carboxylic acids is 4. The molecule has 0 radical (unpaired) electrons. The van der Waals surface area contributed by atoms with Gasteiger partial charge in [0.2, 0.25) is 0 Å². The molecule has 104 heavy (non-hydrogen) atoms. The number of rotatable bonds is 85. The zero-order chi connectivity index (χ0) is 76.2. The second-order valence-corrected chi connectivity index (χ2v) is 33.7. The lowest BCUT2D eigenvalue weighted by Gasteiger charge is -2.21. The maximum atomic E-state index is 13.1. The van der Waals surface area contributed by atoms with E-state index >= 15 is 0 Å². The summed E-state index contributed by atoms with van der Waals surface area (Å²) in [4.78, 5) is 73.1. The summed E-state index contributed by atoms with van der Waals surface area (Å²) in [5.41, 5.74) is 0. The predicted octanol–water partition coefficient (Wildman–Crippen LogP) is 26.0. The molecular weight excluding hydrogens is 1350 g/mol. The minimum absolute atomic E-state index is 0.107. The highest BCUT2D eigenvalue weighted by atomic mass is 31.2. The molecule has 0 aliphatic heterocycles. The van der Waals surface area contributed by atoms with Crippen molar-refractivity contribution in [3.8, 4) is 0 Å². The highest BCUT2D eigenvalue weighted by Crippen LogP contribution is 2.45. The Kier molecular flexibility index (Phi) is 76.3. The molecule has 0 saturated carbocycles. The van der Waals surface area contributed by atoms with E-state index in [9.17, 15) is 43.2 Å². The molecule has 618 valence electrons. The molecule has 0 saturated heterocycles. The monoisotopic (exact) mass is 1520 g/mol. The quantitative estimate of drug-likeness (QED) is 0.0222. The molecule has 3 unspecified atom stereocenters. The molecule has 0 amide bonds. The van der Waals surface area contributed by atoms with Crippen molar-refractivity contribution in [1.82, 2.24) is 0 Å². The smallest absolute Gasteiger partial charge is 0.462 e. The minimum atomic E-state index is -4.96. The molecule has 0 aromatic carbocycles. The van der Waals surface area contributed by atoms with E-state index in [0.717, 1.165) is 95.8 Å². The van der Waals surface area contributed by atoms with E-state index in [4.69, 9.17) is 37.0 Å². The summed E-state index contributed by atoms with van der Waals surface area (Å²) in [6.07, 6.45) is 70.8. The lowest BCUT2D eigenvalue weighted by Crippen LogP contribution is -2.30. The van der Waals surface area contributed by atoms with Gasteiger partial charge in [0.1, 0.15) is 19.3 Å². The Bertz CT molecular complexity index is 1980. The van der Waals surface area contributed by atoms with Gasteiger partial charge in [-0.05, 0) is 31.6 Å². The van der Waals surface area contributed by atoms with Crippen molar-refractivity contribution >= 4 is 39.5 Å². The lowest BCUT2D eigenvalue weighted by molar-refractivity contribution is -0.161. The third-order valence-corrected chi connectivity index (χ3v) is 22.3. The van der Waals surface area contributed by atoms with Gasteiger partial charge in [0.05, 0.1) is 26.4 Å². The molecule has 0 fully saturated rings. The number of carbonyl (C=O) groups is 4. The summed E-state index contributed by atoms with van der Waals surface area (Å²) in [5, 5.41) is 10.7. The zero-order valence-electron chi connectivity index (χ0n) is 68.2. The Balaban J connectivity index is 5.21. The Morgan fingerprint density at radius 3 is 0.683 bits per heavy atom. The van der Waals surface area contributed by atoms with Gasteiger partial charge in [-0.25, -0.2) is 9.13 Å². The Hall–Kier alpha value is -1.94. The van der Waals surface area contributed by atoms with Crippen LogP contribution < -0.4 is 0 Å². The third-order valence-electron chi connectivity index (χ3n) is 20.4. The van der Waals surface area contributed by atoms with Crippen LogP contribution in [0.1, 0.15) is 458 Å². The number of aliphatic hydroxyl groups excluding tert-OH is 1. The van der Waals surface area contributed by atoms with Gasteiger partial charge in [0, 0.05) is 25.7 Å². The average molecular weight is 1520 g/mol. The van der Waals surface area contributed by atoms with E-state index in [1.807, 2.05) is 0 Å². The average Bonchev–Trinajstić information content (AvgIpc) is 0.906. The Labute approximate surface area is 638 Å². The second-order valence-electron chi connectivity index (χ2n) is 30.8. The van der Waals surface area contributed by atoms with E-state index in [1.165, 1.54) is 283 Å². The van der Waals surface area contributed by atoms with Crippen molar-refractivity contribution in [2.24, 2.45) is 5.92 Å². The molecule has 0 aliphatic carbocycles. The van der Waals surface area contributed by atoms with Gasteiger partial charge in [-0.2, -0.15) is 0 Å². The number of unbranched alkanes of at least 4 members (excludes halogenated alkanes) is 56. The first-order valence-electron chi connectivity index (χ1n) is 44.2. The SMILES string of the molecule is CCCCCCCCCCCCCCCCCCCCCCCCC(=O)O[C@H](COC(=O)CCCCCCCCCCCCCCCCCCCC)COP(=O)(O)OC[C@@H](O)COP(=O)(O)OC[C@@H](COC(=O)CCCCCCCCCCCC)OC(=O)CCCCCCCCCCCCC(C)CC. The summed E-state index contributed by atoms with van der Waals surface area (Å²) < 4.78 is 68.8. The molecule has 3 N–H and O–H groups in total. The number of phosphoric acid groups is 2. The van der Waals surface area contributed by atoms with Crippen molar-refractivity contribution in [3.05, 3.63) is 0 Å². The van der Waals surface area contributed by atoms with Crippen LogP contribution in [-0.2, 0) is 65.4 Å². The fraction of sp³-hybridized carbons (Fsp3) is 0.953. The first-order valence-corrected chi connectivity index (χ1v) is 47.2.